The lowest BCUT2D eigenvalue weighted by Gasteiger charge is -2.21. The highest BCUT2D eigenvalue weighted by molar-refractivity contribution is 9.10. The van der Waals surface area contributed by atoms with Gasteiger partial charge in [0.2, 0.25) is 0 Å². The van der Waals surface area contributed by atoms with E-state index in [1.807, 2.05) is 26.0 Å². The molecule has 0 aliphatic carbocycles. The van der Waals surface area contributed by atoms with Gasteiger partial charge < -0.3 is 5.32 Å². The molecule has 0 fully saturated rings. The highest BCUT2D eigenvalue weighted by atomic mass is 79.9. The number of rotatable bonds is 4. The standard InChI is InChI=1S/C16H16BrF2N/c1-3-20-16(11-7-10(2)8-12(18)9-11)13-5-4-6-14(19)15(13)17/h4-9,16,20H,3H2,1-2H3. The van der Waals surface area contributed by atoms with Crippen molar-refractivity contribution in [3.63, 3.8) is 0 Å². The van der Waals surface area contributed by atoms with Crippen LogP contribution in [0.1, 0.15) is 29.7 Å². The van der Waals surface area contributed by atoms with Gasteiger partial charge in [-0.25, -0.2) is 8.78 Å². The van der Waals surface area contributed by atoms with Crippen LogP contribution in [0.15, 0.2) is 40.9 Å². The van der Waals surface area contributed by atoms with Crippen LogP contribution >= 0.6 is 15.9 Å². The molecule has 0 amide bonds. The topological polar surface area (TPSA) is 12.0 Å². The number of halogens is 3. The summed E-state index contributed by atoms with van der Waals surface area (Å²) < 4.78 is 27.7. The summed E-state index contributed by atoms with van der Waals surface area (Å²) in [6.07, 6.45) is 0. The summed E-state index contributed by atoms with van der Waals surface area (Å²) in [4.78, 5) is 0. The number of aryl methyl sites for hydroxylation is 1. The molecule has 0 heterocycles. The molecule has 0 radical (unpaired) electrons. The van der Waals surface area contributed by atoms with Gasteiger partial charge in [0.05, 0.1) is 10.5 Å². The lowest BCUT2D eigenvalue weighted by molar-refractivity contribution is 0.587. The molecule has 2 aromatic carbocycles. The molecule has 20 heavy (non-hydrogen) atoms. The molecular formula is C16H16BrF2N. The van der Waals surface area contributed by atoms with Gasteiger partial charge in [-0.1, -0.05) is 25.1 Å². The van der Waals surface area contributed by atoms with Gasteiger partial charge in [0, 0.05) is 0 Å². The minimum atomic E-state index is -0.321. The maximum Gasteiger partial charge on any atom is 0.137 e. The first-order valence-corrected chi connectivity index (χ1v) is 7.26. The van der Waals surface area contributed by atoms with Gasteiger partial charge in [0.1, 0.15) is 11.6 Å². The minimum absolute atomic E-state index is 0.250. The first-order chi connectivity index (χ1) is 9.52. The van der Waals surface area contributed by atoms with Crippen molar-refractivity contribution in [2.24, 2.45) is 0 Å². The fraction of sp³-hybridized carbons (Fsp3) is 0.250. The Bertz CT molecular complexity index is 593. The van der Waals surface area contributed by atoms with Gasteiger partial charge in [-0.15, -0.1) is 0 Å². The van der Waals surface area contributed by atoms with E-state index in [-0.39, 0.29) is 17.7 Å². The monoisotopic (exact) mass is 339 g/mol. The fourth-order valence-corrected chi connectivity index (χ4v) is 2.78. The molecule has 1 nitrogen and oxygen atoms in total. The van der Waals surface area contributed by atoms with E-state index in [0.29, 0.717) is 11.0 Å². The molecule has 106 valence electrons. The Labute approximate surface area is 126 Å². The Balaban J connectivity index is 2.53. The predicted octanol–water partition coefficient (Wildman–Crippen LogP) is 4.73. The van der Waals surface area contributed by atoms with E-state index in [4.69, 9.17) is 0 Å². The zero-order chi connectivity index (χ0) is 14.7. The third-order valence-electron chi connectivity index (χ3n) is 3.10. The quantitative estimate of drug-likeness (QED) is 0.848. The third-order valence-corrected chi connectivity index (χ3v) is 3.94. The van der Waals surface area contributed by atoms with E-state index in [2.05, 4.69) is 21.2 Å². The molecule has 4 heteroatoms. The first kappa shape index (κ1) is 15.1. The van der Waals surface area contributed by atoms with Crippen LogP contribution in [0.4, 0.5) is 8.78 Å². The van der Waals surface area contributed by atoms with Crippen molar-refractivity contribution in [1.29, 1.82) is 0 Å². The molecule has 1 unspecified atom stereocenters. The first-order valence-electron chi connectivity index (χ1n) is 6.47. The molecule has 0 saturated heterocycles. The lowest BCUT2D eigenvalue weighted by atomic mass is 9.97. The molecule has 0 aliphatic rings. The van der Waals surface area contributed by atoms with Gasteiger partial charge in [0.15, 0.2) is 0 Å². The van der Waals surface area contributed by atoms with Crippen molar-refractivity contribution < 1.29 is 8.78 Å². The summed E-state index contributed by atoms with van der Waals surface area (Å²) in [5.74, 6) is -0.603. The Morgan fingerprint density at radius 1 is 1.20 bits per heavy atom. The highest BCUT2D eigenvalue weighted by Gasteiger charge is 2.18. The Kier molecular flexibility index (Phi) is 4.89. The van der Waals surface area contributed by atoms with E-state index in [0.717, 1.165) is 16.7 Å². The van der Waals surface area contributed by atoms with Crippen LogP contribution < -0.4 is 5.32 Å². The van der Waals surface area contributed by atoms with Crippen LogP contribution in [0.5, 0.6) is 0 Å². The molecule has 1 atom stereocenters. The molecule has 0 aliphatic heterocycles. The minimum Gasteiger partial charge on any atom is -0.306 e. The van der Waals surface area contributed by atoms with E-state index in [1.165, 1.54) is 18.2 Å². The van der Waals surface area contributed by atoms with Gasteiger partial charge in [-0.2, -0.15) is 0 Å². The normalized spacial score (nSPS) is 12.4. The van der Waals surface area contributed by atoms with Crippen LogP contribution in [0.25, 0.3) is 0 Å². The van der Waals surface area contributed by atoms with Gasteiger partial charge in [-0.3, -0.25) is 0 Å². The maximum absolute atomic E-state index is 13.7. The summed E-state index contributed by atoms with van der Waals surface area (Å²) in [6, 6.07) is 9.51. The van der Waals surface area contributed by atoms with Crippen LogP contribution in [-0.4, -0.2) is 6.54 Å². The molecule has 0 saturated carbocycles. The number of hydrogen-bond acceptors (Lipinski definition) is 1. The average molecular weight is 340 g/mol. The maximum atomic E-state index is 13.7. The molecule has 0 bridgehead atoms. The van der Waals surface area contributed by atoms with Crippen LogP contribution in [0, 0.1) is 18.6 Å². The second-order valence-corrected chi connectivity index (χ2v) is 5.49. The Morgan fingerprint density at radius 3 is 2.60 bits per heavy atom. The fourth-order valence-electron chi connectivity index (χ4n) is 2.29. The van der Waals surface area contributed by atoms with Crippen molar-refractivity contribution >= 4 is 15.9 Å². The SMILES string of the molecule is CCNC(c1cc(C)cc(F)c1)c1cccc(F)c1Br. The Morgan fingerprint density at radius 2 is 1.95 bits per heavy atom. The van der Waals surface area contributed by atoms with E-state index < -0.39 is 0 Å². The Hall–Kier alpha value is -1.26. The molecular weight excluding hydrogens is 324 g/mol. The zero-order valence-electron chi connectivity index (χ0n) is 11.4. The average Bonchev–Trinajstić information content (AvgIpc) is 2.38. The molecule has 0 aromatic heterocycles. The summed E-state index contributed by atoms with van der Waals surface area (Å²) >= 11 is 3.28. The molecule has 2 aromatic rings. The summed E-state index contributed by atoms with van der Waals surface area (Å²) in [5, 5.41) is 3.27. The van der Waals surface area contributed by atoms with Crippen LogP contribution in [-0.2, 0) is 0 Å². The largest absolute Gasteiger partial charge is 0.306 e. The van der Waals surface area contributed by atoms with E-state index >= 15 is 0 Å². The van der Waals surface area contributed by atoms with Crippen molar-refractivity contribution in [1.82, 2.24) is 5.32 Å². The van der Waals surface area contributed by atoms with Gasteiger partial charge >= 0.3 is 0 Å². The van der Waals surface area contributed by atoms with Crippen LogP contribution in [0.2, 0.25) is 0 Å². The smallest absolute Gasteiger partial charge is 0.137 e. The third kappa shape index (κ3) is 3.25. The number of benzene rings is 2. The highest BCUT2D eigenvalue weighted by Crippen LogP contribution is 2.31. The summed E-state index contributed by atoms with van der Waals surface area (Å²) in [5.41, 5.74) is 2.39. The summed E-state index contributed by atoms with van der Waals surface area (Å²) in [6.45, 7) is 4.51. The van der Waals surface area contributed by atoms with Crippen molar-refractivity contribution in [3.05, 3.63) is 69.2 Å². The molecule has 1 N–H and O–H groups in total. The molecule has 2 rings (SSSR count). The van der Waals surface area contributed by atoms with Crippen LogP contribution in [0.3, 0.4) is 0 Å². The lowest BCUT2D eigenvalue weighted by Crippen LogP contribution is -2.22. The van der Waals surface area contributed by atoms with E-state index in [1.54, 1.807) is 6.07 Å². The zero-order valence-corrected chi connectivity index (χ0v) is 13.0. The molecule has 0 spiro atoms. The van der Waals surface area contributed by atoms with Crippen molar-refractivity contribution in [2.75, 3.05) is 6.54 Å². The summed E-state index contributed by atoms with van der Waals surface area (Å²) in [7, 11) is 0. The predicted molar refractivity (Wildman–Crippen MR) is 80.8 cm³/mol. The van der Waals surface area contributed by atoms with E-state index in [9.17, 15) is 8.78 Å². The van der Waals surface area contributed by atoms with Gasteiger partial charge in [0.25, 0.3) is 0 Å². The second-order valence-electron chi connectivity index (χ2n) is 4.70. The van der Waals surface area contributed by atoms with Crippen molar-refractivity contribution in [3.8, 4) is 0 Å². The number of nitrogens with one attached hydrogen (secondary N) is 1. The second kappa shape index (κ2) is 6.46. The van der Waals surface area contributed by atoms with Crippen molar-refractivity contribution in [2.45, 2.75) is 19.9 Å². The number of hydrogen-bond donors (Lipinski definition) is 1. The van der Waals surface area contributed by atoms with Gasteiger partial charge in [-0.05, 0) is 64.3 Å².